The van der Waals surface area contributed by atoms with Crippen LogP contribution in [-0.4, -0.2) is 0 Å². The van der Waals surface area contributed by atoms with Crippen molar-refractivity contribution in [1.29, 1.82) is 0 Å². The van der Waals surface area contributed by atoms with E-state index in [1.54, 1.807) is 6.07 Å². The topological polar surface area (TPSA) is 0 Å². The summed E-state index contributed by atoms with van der Waals surface area (Å²) in [6, 6.07) is 3.06. The maximum atomic E-state index is 14.5. The molecule has 0 radical (unpaired) electrons. The standard InChI is InChI=1S/C28H48F2/c1-7-10-13-15-16-18-27(4,5)23-21-25(29)26(30)22-24(23)28(6,19-12-9-3)20-17-14-11-8-2/h21-22H,7-20H2,1-6H3. The molecule has 1 rings (SSSR count). The van der Waals surface area contributed by atoms with Crippen LogP contribution in [0.3, 0.4) is 0 Å². The van der Waals surface area contributed by atoms with E-state index >= 15 is 0 Å². The van der Waals surface area contributed by atoms with E-state index in [0.717, 1.165) is 56.1 Å². The van der Waals surface area contributed by atoms with Crippen molar-refractivity contribution in [2.75, 3.05) is 0 Å². The van der Waals surface area contributed by atoms with Crippen LogP contribution in [0, 0.1) is 11.6 Å². The van der Waals surface area contributed by atoms with Crippen LogP contribution in [0.15, 0.2) is 12.1 Å². The second kappa shape index (κ2) is 13.5. The van der Waals surface area contributed by atoms with Crippen molar-refractivity contribution >= 4 is 0 Å². The van der Waals surface area contributed by atoms with Crippen molar-refractivity contribution in [3.8, 4) is 0 Å². The van der Waals surface area contributed by atoms with Crippen molar-refractivity contribution in [2.24, 2.45) is 0 Å². The van der Waals surface area contributed by atoms with Gasteiger partial charge >= 0.3 is 0 Å². The fraction of sp³-hybridized carbons (Fsp3) is 0.786. The zero-order chi connectivity index (χ0) is 22.6. The van der Waals surface area contributed by atoms with Crippen LogP contribution in [0.2, 0.25) is 0 Å². The van der Waals surface area contributed by atoms with Crippen LogP contribution >= 0.6 is 0 Å². The summed E-state index contributed by atoms with van der Waals surface area (Å²) in [6.07, 6.45) is 16.4. The van der Waals surface area contributed by atoms with Crippen molar-refractivity contribution < 1.29 is 8.78 Å². The Morgan fingerprint density at radius 3 is 1.57 bits per heavy atom. The number of halogens is 2. The number of rotatable bonds is 16. The third-order valence-corrected chi connectivity index (χ3v) is 7.01. The Morgan fingerprint density at radius 2 is 1.00 bits per heavy atom. The lowest BCUT2D eigenvalue weighted by Gasteiger charge is -2.37. The third kappa shape index (κ3) is 8.31. The highest BCUT2D eigenvalue weighted by Gasteiger charge is 2.34. The fourth-order valence-electron chi connectivity index (χ4n) is 4.81. The van der Waals surface area contributed by atoms with Crippen LogP contribution in [0.4, 0.5) is 8.78 Å². The van der Waals surface area contributed by atoms with Gasteiger partial charge in [-0.05, 0) is 53.4 Å². The van der Waals surface area contributed by atoms with Crippen LogP contribution in [0.1, 0.15) is 143 Å². The van der Waals surface area contributed by atoms with Crippen LogP contribution in [-0.2, 0) is 10.8 Å². The summed E-state index contributed by atoms with van der Waals surface area (Å²) in [7, 11) is 0. The molecular weight excluding hydrogens is 374 g/mol. The molecule has 30 heavy (non-hydrogen) atoms. The lowest BCUT2D eigenvalue weighted by molar-refractivity contribution is 0.349. The average molecular weight is 423 g/mol. The van der Waals surface area contributed by atoms with Gasteiger partial charge in [0.15, 0.2) is 11.6 Å². The molecule has 1 atom stereocenters. The molecule has 1 unspecified atom stereocenters. The Balaban J connectivity index is 3.20. The molecule has 0 spiro atoms. The number of hydrogen-bond donors (Lipinski definition) is 0. The van der Waals surface area contributed by atoms with Gasteiger partial charge in [0.05, 0.1) is 0 Å². The molecule has 0 heterocycles. The molecule has 0 saturated heterocycles. The monoisotopic (exact) mass is 422 g/mol. The maximum absolute atomic E-state index is 14.5. The van der Waals surface area contributed by atoms with Gasteiger partial charge in [0, 0.05) is 0 Å². The highest BCUT2D eigenvalue weighted by molar-refractivity contribution is 5.40. The predicted octanol–water partition coefficient (Wildman–Crippen LogP) is 10.0. The third-order valence-electron chi connectivity index (χ3n) is 7.01. The molecule has 1 aromatic carbocycles. The van der Waals surface area contributed by atoms with Crippen molar-refractivity contribution in [1.82, 2.24) is 0 Å². The summed E-state index contributed by atoms with van der Waals surface area (Å²) in [5, 5.41) is 0. The maximum Gasteiger partial charge on any atom is 0.159 e. The summed E-state index contributed by atoms with van der Waals surface area (Å²) in [5.41, 5.74) is 1.86. The van der Waals surface area contributed by atoms with Gasteiger partial charge in [-0.1, -0.05) is 112 Å². The molecule has 0 aliphatic heterocycles. The quantitative estimate of drug-likeness (QED) is 0.232. The van der Waals surface area contributed by atoms with Gasteiger partial charge in [0.2, 0.25) is 0 Å². The molecule has 0 aliphatic rings. The highest BCUT2D eigenvalue weighted by atomic mass is 19.2. The minimum atomic E-state index is -0.698. The summed E-state index contributed by atoms with van der Waals surface area (Å²) < 4.78 is 28.9. The molecule has 0 fully saturated rings. The summed E-state index contributed by atoms with van der Waals surface area (Å²) in [5.74, 6) is -1.39. The van der Waals surface area contributed by atoms with E-state index in [0.29, 0.717) is 0 Å². The Morgan fingerprint density at radius 1 is 0.567 bits per heavy atom. The molecular formula is C28H48F2. The molecule has 0 bridgehead atoms. The zero-order valence-electron chi connectivity index (χ0n) is 20.8. The van der Waals surface area contributed by atoms with E-state index in [-0.39, 0.29) is 10.8 Å². The molecule has 0 N–H and O–H groups in total. The highest BCUT2D eigenvalue weighted by Crippen LogP contribution is 2.43. The predicted molar refractivity (Wildman–Crippen MR) is 128 cm³/mol. The van der Waals surface area contributed by atoms with E-state index in [2.05, 4.69) is 41.5 Å². The van der Waals surface area contributed by atoms with Gasteiger partial charge in [-0.3, -0.25) is 0 Å². The largest absolute Gasteiger partial charge is 0.204 e. The Hall–Kier alpha value is -0.920. The zero-order valence-corrected chi connectivity index (χ0v) is 20.8. The molecule has 0 saturated carbocycles. The Kier molecular flexibility index (Phi) is 12.2. The first-order valence-electron chi connectivity index (χ1n) is 12.7. The van der Waals surface area contributed by atoms with E-state index in [9.17, 15) is 8.78 Å². The fourth-order valence-corrected chi connectivity index (χ4v) is 4.81. The SMILES string of the molecule is CCCCCCCC(C)(C)c1cc(F)c(F)cc1C(C)(CCCC)CCCCCC. The molecule has 0 aromatic heterocycles. The lowest BCUT2D eigenvalue weighted by atomic mass is 9.67. The second-order valence-electron chi connectivity index (χ2n) is 10.3. The minimum absolute atomic E-state index is 0.0902. The van der Waals surface area contributed by atoms with Crippen molar-refractivity contribution in [2.45, 2.75) is 142 Å². The van der Waals surface area contributed by atoms with E-state index in [1.807, 2.05) is 0 Å². The number of hydrogen-bond acceptors (Lipinski definition) is 0. The smallest absolute Gasteiger partial charge is 0.159 e. The van der Waals surface area contributed by atoms with Gasteiger partial charge in [-0.2, -0.15) is 0 Å². The van der Waals surface area contributed by atoms with Gasteiger partial charge in [-0.25, -0.2) is 8.78 Å². The normalized spacial score (nSPS) is 14.1. The molecule has 0 aliphatic carbocycles. The summed E-state index contributed by atoms with van der Waals surface area (Å²) >= 11 is 0. The lowest BCUT2D eigenvalue weighted by Crippen LogP contribution is -2.29. The number of benzene rings is 1. The first kappa shape index (κ1) is 27.1. The van der Waals surface area contributed by atoms with Gasteiger partial charge in [0.1, 0.15) is 0 Å². The van der Waals surface area contributed by atoms with Crippen LogP contribution in [0.25, 0.3) is 0 Å². The van der Waals surface area contributed by atoms with Crippen molar-refractivity contribution in [3.05, 3.63) is 34.9 Å². The average Bonchev–Trinajstić information content (AvgIpc) is 2.71. The summed E-state index contributed by atoms with van der Waals surface area (Å²) in [6.45, 7) is 13.4. The Bertz CT molecular complexity index is 605. The Labute approximate surface area is 186 Å². The second-order valence-corrected chi connectivity index (χ2v) is 10.3. The van der Waals surface area contributed by atoms with E-state index < -0.39 is 11.6 Å². The van der Waals surface area contributed by atoms with Crippen LogP contribution < -0.4 is 0 Å². The minimum Gasteiger partial charge on any atom is -0.204 e. The van der Waals surface area contributed by atoms with Gasteiger partial charge < -0.3 is 0 Å². The number of unbranched alkanes of at least 4 members (excludes halogenated alkanes) is 8. The van der Waals surface area contributed by atoms with Crippen LogP contribution in [0.5, 0.6) is 0 Å². The first-order chi connectivity index (χ1) is 14.2. The molecule has 0 nitrogen and oxygen atoms in total. The van der Waals surface area contributed by atoms with E-state index in [4.69, 9.17) is 0 Å². The molecule has 2 heteroatoms. The van der Waals surface area contributed by atoms with Crippen molar-refractivity contribution in [3.63, 3.8) is 0 Å². The van der Waals surface area contributed by atoms with Gasteiger partial charge in [-0.15, -0.1) is 0 Å². The summed E-state index contributed by atoms with van der Waals surface area (Å²) in [4.78, 5) is 0. The van der Waals surface area contributed by atoms with E-state index in [1.165, 1.54) is 51.0 Å². The first-order valence-corrected chi connectivity index (χ1v) is 12.7. The molecule has 0 amide bonds. The molecule has 1 aromatic rings. The van der Waals surface area contributed by atoms with Gasteiger partial charge in [0.25, 0.3) is 0 Å². The molecule has 174 valence electrons.